The van der Waals surface area contributed by atoms with E-state index in [0.29, 0.717) is 10.1 Å². The Labute approximate surface area is 177 Å². The molecular formula is C23H17N3OS2. The first kappa shape index (κ1) is 18.1. The van der Waals surface area contributed by atoms with Crippen molar-refractivity contribution < 1.29 is 4.79 Å². The van der Waals surface area contributed by atoms with Crippen molar-refractivity contribution in [2.24, 2.45) is 4.99 Å². The number of hydrogen-bond acceptors (Lipinski definition) is 5. The Hall–Kier alpha value is -2.96. The van der Waals surface area contributed by atoms with E-state index in [1.54, 1.807) is 11.8 Å². The van der Waals surface area contributed by atoms with Gasteiger partial charge in [0.25, 0.3) is 5.91 Å². The van der Waals surface area contributed by atoms with Crippen LogP contribution in [-0.4, -0.2) is 18.1 Å². The van der Waals surface area contributed by atoms with Crippen LogP contribution < -0.4 is 9.80 Å². The van der Waals surface area contributed by atoms with E-state index in [-0.39, 0.29) is 5.91 Å². The summed E-state index contributed by atoms with van der Waals surface area (Å²) < 4.78 is 0. The number of rotatable bonds is 2. The Morgan fingerprint density at radius 3 is 2.00 bits per heavy atom. The number of aliphatic imine (C=N–C) groups is 1. The topological polar surface area (TPSA) is 35.9 Å². The van der Waals surface area contributed by atoms with Gasteiger partial charge in [0, 0.05) is 23.3 Å². The second-order valence-corrected chi connectivity index (χ2v) is 8.58. The molecule has 6 heteroatoms. The first-order chi connectivity index (χ1) is 14.2. The molecule has 0 saturated heterocycles. The zero-order valence-corrected chi connectivity index (χ0v) is 17.3. The summed E-state index contributed by atoms with van der Waals surface area (Å²) in [6.45, 7) is 0. The zero-order valence-electron chi connectivity index (χ0n) is 15.6. The summed E-state index contributed by atoms with van der Waals surface area (Å²) in [5.41, 5.74) is 3.06. The lowest BCUT2D eigenvalue weighted by Gasteiger charge is -2.24. The number of carbonyl (C=O) groups is 1. The number of fused-ring (bicyclic) bond motifs is 1. The van der Waals surface area contributed by atoms with Gasteiger partial charge >= 0.3 is 0 Å². The van der Waals surface area contributed by atoms with Crippen molar-refractivity contribution in [2.45, 2.75) is 4.90 Å². The van der Waals surface area contributed by atoms with Crippen LogP contribution in [0.5, 0.6) is 0 Å². The molecule has 2 aliphatic rings. The molecule has 2 aliphatic heterocycles. The predicted molar refractivity (Wildman–Crippen MR) is 123 cm³/mol. The SMILES string of the molecule is CN1/C(=C2\SC(N(c3ccccc3)c3ccccc3)=NC2=O)Sc2ccccc21. The van der Waals surface area contributed by atoms with E-state index in [1.165, 1.54) is 11.8 Å². The summed E-state index contributed by atoms with van der Waals surface area (Å²) >= 11 is 3.05. The van der Waals surface area contributed by atoms with Gasteiger partial charge in [0.05, 0.1) is 10.7 Å². The number of para-hydroxylation sites is 3. The smallest absolute Gasteiger partial charge is 0.289 e. The van der Waals surface area contributed by atoms with Crippen molar-refractivity contribution >= 4 is 51.7 Å². The van der Waals surface area contributed by atoms with Crippen LogP contribution in [0, 0.1) is 0 Å². The van der Waals surface area contributed by atoms with Gasteiger partial charge in [0.2, 0.25) is 0 Å². The highest BCUT2D eigenvalue weighted by atomic mass is 32.2. The molecule has 3 aromatic carbocycles. The fraction of sp³-hybridized carbons (Fsp3) is 0.0435. The van der Waals surface area contributed by atoms with Gasteiger partial charge in [-0.2, -0.15) is 4.99 Å². The molecular weight excluding hydrogens is 398 g/mol. The van der Waals surface area contributed by atoms with Gasteiger partial charge < -0.3 is 4.90 Å². The Kier molecular flexibility index (Phi) is 4.66. The van der Waals surface area contributed by atoms with Crippen LogP contribution in [0.4, 0.5) is 17.1 Å². The summed E-state index contributed by atoms with van der Waals surface area (Å²) in [6, 6.07) is 28.2. The molecule has 0 N–H and O–H groups in total. The summed E-state index contributed by atoms with van der Waals surface area (Å²) in [7, 11) is 2.00. The van der Waals surface area contributed by atoms with E-state index in [2.05, 4.69) is 22.0 Å². The molecule has 4 nitrogen and oxygen atoms in total. The second-order valence-electron chi connectivity index (χ2n) is 6.57. The van der Waals surface area contributed by atoms with Crippen molar-refractivity contribution in [1.82, 2.24) is 0 Å². The first-order valence-corrected chi connectivity index (χ1v) is 10.8. The molecule has 2 heterocycles. The molecule has 0 spiro atoms. The van der Waals surface area contributed by atoms with Crippen LogP contribution in [0.25, 0.3) is 0 Å². The third-order valence-electron chi connectivity index (χ3n) is 4.74. The number of nitrogens with zero attached hydrogens (tertiary/aromatic N) is 3. The molecule has 0 radical (unpaired) electrons. The van der Waals surface area contributed by atoms with Gasteiger partial charge in [0.15, 0.2) is 5.17 Å². The van der Waals surface area contributed by atoms with Crippen LogP contribution in [0.1, 0.15) is 0 Å². The largest absolute Gasteiger partial charge is 0.337 e. The van der Waals surface area contributed by atoms with Crippen molar-refractivity contribution in [3.05, 3.63) is 94.9 Å². The molecule has 3 aromatic rings. The molecule has 0 saturated carbocycles. The Morgan fingerprint density at radius 1 is 0.793 bits per heavy atom. The quantitative estimate of drug-likeness (QED) is 0.490. The zero-order chi connectivity index (χ0) is 19.8. The van der Waals surface area contributed by atoms with Crippen LogP contribution >= 0.6 is 23.5 Å². The van der Waals surface area contributed by atoms with Gasteiger partial charge in [-0.25, -0.2) is 0 Å². The molecule has 0 atom stereocenters. The summed E-state index contributed by atoms with van der Waals surface area (Å²) in [5.74, 6) is -0.191. The van der Waals surface area contributed by atoms with Crippen LogP contribution in [0.2, 0.25) is 0 Å². The van der Waals surface area contributed by atoms with Crippen LogP contribution in [0.15, 0.2) is 105 Å². The minimum Gasteiger partial charge on any atom is -0.337 e. The molecule has 0 unspecified atom stereocenters. The number of carbonyl (C=O) groups excluding carboxylic acids is 1. The maximum absolute atomic E-state index is 12.9. The van der Waals surface area contributed by atoms with Crippen molar-refractivity contribution in [3.63, 3.8) is 0 Å². The number of hydrogen-bond donors (Lipinski definition) is 0. The minimum atomic E-state index is -0.191. The molecule has 0 aromatic heterocycles. The van der Waals surface area contributed by atoms with Crippen LogP contribution in [-0.2, 0) is 4.79 Å². The molecule has 142 valence electrons. The summed E-state index contributed by atoms with van der Waals surface area (Å²) in [5, 5.41) is 1.60. The average Bonchev–Trinajstić information content (AvgIpc) is 3.30. The fourth-order valence-corrected chi connectivity index (χ4v) is 5.65. The standard InChI is InChI=1S/C23H17N3OS2/c1-25-18-14-8-9-15-19(18)28-22(25)20-21(27)24-23(29-20)26(16-10-4-2-5-11-16)17-12-6-3-7-13-17/h2-15H,1H3/b22-20+. The van der Waals surface area contributed by atoms with Crippen molar-refractivity contribution in [2.75, 3.05) is 16.8 Å². The number of anilines is 3. The van der Waals surface area contributed by atoms with E-state index in [1.807, 2.05) is 84.7 Å². The highest BCUT2D eigenvalue weighted by molar-refractivity contribution is 8.19. The number of amidine groups is 1. The average molecular weight is 416 g/mol. The van der Waals surface area contributed by atoms with Gasteiger partial charge in [-0.15, -0.1) is 0 Å². The molecule has 1 amide bonds. The summed E-state index contributed by atoms with van der Waals surface area (Å²) in [4.78, 5) is 23.3. The van der Waals surface area contributed by atoms with Gasteiger partial charge in [0.1, 0.15) is 4.91 Å². The molecule has 0 fully saturated rings. The Balaban J connectivity index is 1.54. The van der Waals surface area contributed by atoms with Gasteiger partial charge in [-0.1, -0.05) is 60.3 Å². The molecule has 0 aliphatic carbocycles. The van der Waals surface area contributed by atoms with Gasteiger partial charge in [-0.05, 0) is 48.2 Å². The van der Waals surface area contributed by atoms with E-state index in [0.717, 1.165) is 27.0 Å². The highest BCUT2D eigenvalue weighted by Gasteiger charge is 2.35. The monoisotopic (exact) mass is 415 g/mol. The number of thioether (sulfide) groups is 2. The van der Waals surface area contributed by atoms with E-state index < -0.39 is 0 Å². The fourth-order valence-electron chi connectivity index (χ4n) is 3.35. The first-order valence-electron chi connectivity index (χ1n) is 9.18. The molecule has 29 heavy (non-hydrogen) atoms. The van der Waals surface area contributed by atoms with Crippen molar-refractivity contribution in [1.29, 1.82) is 0 Å². The lowest BCUT2D eigenvalue weighted by atomic mass is 10.2. The van der Waals surface area contributed by atoms with Crippen LogP contribution in [0.3, 0.4) is 0 Å². The Morgan fingerprint density at radius 2 is 1.38 bits per heavy atom. The van der Waals surface area contributed by atoms with Crippen molar-refractivity contribution in [3.8, 4) is 0 Å². The third-order valence-corrected chi connectivity index (χ3v) is 7.13. The van der Waals surface area contributed by atoms with Gasteiger partial charge in [-0.3, -0.25) is 9.69 Å². The normalized spacial score (nSPS) is 18.0. The minimum absolute atomic E-state index is 0.191. The molecule has 5 rings (SSSR count). The number of amides is 1. The third kappa shape index (κ3) is 3.24. The molecule has 0 bridgehead atoms. The Bertz CT molecular complexity index is 1100. The van der Waals surface area contributed by atoms with E-state index in [4.69, 9.17) is 0 Å². The maximum atomic E-state index is 12.9. The van der Waals surface area contributed by atoms with E-state index in [9.17, 15) is 4.79 Å². The summed E-state index contributed by atoms with van der Waals surface area (Å²) in [6.07, 6.45) is 0. The van der Waals surface area contributed by atoms with E-state index >= 15 is 0 Å². The predicted octanol–water partition coefficient (Wildman–Crippen LogP) is 5.87. The highest BCUT2D eigenvalue weighted by Crippen LogP contribution is 2.49. The lowest BCUT2D eigenvalue weighted by Crippen LogP contribution is -2.21. The maximum Gasteiger partial charge on any atom is 0.289 e. The lowest BCUT2D eigenvalue weighted by molar-refractivity contribution is -0.113. The number of benzene rings is 3. The second kappa shape index (κ2) is 7.46.